The summed E-state index contributed by atoms with van der Waals surface area (Å²) in [5, 5.41) is 2.71. The van der Waals surface area contributed by atoms with Gasteiger partial charge in [0.2, 0.25) is 11.8 Å². The summed E-state index contributed by atoms with van der Waals surface area (Å²) < 4.78 is 0. The van der Waals surface area contributed by atoms with Crippen LogP contribution in [0.2, 0.25) is 0 Å². The van der Waals surface area contributed by atoms with Gasteiger partial charge in [0.05, 0.1) is 5.75 Å². The second-order valence-corrected chi connectivity index (χ2v) is 8.46. The first kappa shape index (κ1) is 23.0. The molecule has 0 fully saturated rings. The highest BCUT2D eigenvalue weighted by Crippen LogP contribution is 2.20. The molecule has 1 unspecified atom stereocenters. The highest BCUT2D eigenvalue weighted by atomic mass is 32.2. The van der Waals surface area contributed by atoms with Crippen LogP contribution in [0.4, 0.5) is 0 Å². The van der Waals surface area contributed by atoms with Crippen LogP contribution in [0.25, 0.3) is 0 Å². The van der Waals surface area contributed by atoms with Crippen molar-refractivity contribution in [1.29, 1.82) is 0 Å². The molecule has 2 aromatic rings. The molecule has 0 aliphatic rings. The summed E-state index contributed by atoms with van der Waals surface area (Å²) in [6.45, 7) is 8.60. The summed E-state index contributed by atoms with van der Waals surface area (Å²) in [5.41, 5.74) is 5.89. The number of hydrogen-bond acceptors (Lipinski definition) is 3. The third kappa shape index (κ3) is 6.64. The average molecular weight is 413 g/mol. The van der Waals surface area contributed by atoms with Gasteiger partial charge in [-0.05, 0) is 43.9 Å². The minimum Gasteiger partial charge on any atom is -0.357 e. The molecule has 156 valence electrons. The zero-order valence-corrected chi connectivity index (χ0v) is 18.9. The smallest absolute Gasteiger partial charge is 0.242 e. The molecular weight excluding hydrogens is 380 g/mol. The molecule has 0 saturated heterocycles. The van der Waals surface area contributed by atoms with Crippen LogP contribution >= 0.6 is 11.8 Å². The lowest BCUT2D eigenvalue weighted by Crippen LogP contribution is -2.48. The van der Waals surface area contributed by atoms with Crippen LogP contribution in [0.1, 0.15) is 41.2 Å². The number of likely N-dealkylation sites (N-methyl/N-ethyl adjacent to an activating group) is 1. The molecule has 2 rings (SSSR count). The van der Waals surface area contributed by atoms with E-state index in [0.29, 0.717) is 18.7 Å². The molecule has 0 saturated carbocycles. The Morgan fingerprint density at radius 1 is 1.07 bits per heavy atom. The summed E-state index contributed by atoms with van der Waals surface area (Å²) in [6.07, 6.45) is 0.582. The third-order valence-corrected chi connectivity index (χ3v) is 6.00. The Labute approximate surface area is 179 Å². The van der Waals surface area contributed by atoms with E-state index >= 15 is 0 Å². The van der Waals surface area contributed by atoms with Gasteiger partial charge in [0, 0.05) is 19.3 Å². The molecule has 0 radical (unpaired) electrons. The normalized spacial score (nSPS) is 11.8. The van der Waals surface area contributed by atoms with Crippen LogP contribution in [0.15, 0.2) is 42.5 Å². The Hall–Kier alpha value is -2.27. The topological polar surface area (TPSA) is 49.4 Å². The van der Waals surface area contributed by atoms with Crippen LogP contribution in [-0.4, -0.2) is 35.6 Å². The number of hydrogen-bond donors (Lipinski definition) is 1. The highest BCUT2D eigenvalue weighted by molar-refractivity contribution is 7.99. The van der Waals surface area contributed by atoms with Gasteiger partial charge < -0.3 is 10.2 Å². The minimum absolute atomic E-state index is 0.00178. The first-order chi connectivity index (χ1) is 13.8. The lowest BCUT2D eigenvalue weighted by atomic mass is 10.1. The fourth-order valence-corrected chi connectivity index (χ4v) is 4.39. The van der Waals surface area contributed by atoms with E-state index < -0.39 is 6.04 Å². The maximum atomic E-state index is 13.1. The fraction of sp³-hybridized carbons (Fsp3) is 0.417. The van der Waals surface area contributed by atoms with E-state index in [1.54, 1.807) is 23.7 Å². The van der Waals surface area contributed by atoms with Gasteiger partial charge in [-0.3, -0.25) is 9.59 Å². The predicted molar refractivity (Wildman–Crippen MR) is 122 cm³/mol. The van der Waals surface area contributed by atoms with Crippen LogP contribution in [0.3, 0.4) is 0 Å². The van der Waals surface area contributed by atoms with E-state index in [1.807, 2.05) is 38.1 Å². The SMILES string of the molecule is CCC(C(=O)NC)N(Cc1ccccc1C)C(=O)CSCc1cc(C)cc(C)c1. The lowest BCUT2D eigenvalue weighted by molar-refractivity contribution is -0.139. The van der Waals surface area contributed by atoms with Crippen molar-refractivity contribution in [2.24, 2.45) is 0 Å². The van der Waals surface area contributed by atoms with E-state index in [4.69, 9.17) is 0 Å². The first-order valence-corrected chi connectivity index (χ1v) is 11.2. The van der Waals surface area contributed by atoms with E-state index in [-0.39, 0.29) is 11.8 Å². The van der Waals surface area contributed by atoms with Crippen molar-refractivity contribution in [1.82, 2.24) is 10.2 Å². The van der Waals surface area contributed by atoms with Crippen LogP contribution in [0.5, 0.6) is 0 Å². The lowest BCUT2D eigenvalue weighted by Gasteiger charge is -2.30. The maximum absolute atomic E-state index is 13.1. The summed E-state index contributed by atoms with van der Waals surface area (Å²) >= 11 is 1.60. The van der Waals surface area contributed by atoms with E-state index in [1.165, 1.54) is 16.7 Å². The Kier molecular flexibility index (Phi) is 8.77. The van der Waals surface area contributed by atoms with Gasteiger partial charge in [0.1, 0.15) is 6.04 Å². The number of nitrogens with zero attached hydrogens (tertiary/aromatic N) is 1. The second kappa shape index (κ2) is 11.1. The number of aryl methyl sites for hydroxylation is 3. The Morgan fingerprint density at radius 3 is 2.31 bits per heavy atom. The maximum Gasteiger partial charge on any atom is 0.242 e. The van der Waals surface area contributed by atoms with Gasteiger partial charge in [-0.15, -0.1) is 11.8 Å². The van der Waals surface area contributed by atoms with E-state index in [9.17, 15) is 9.59 Å². The van der Waals surface area contributed by atoms with Crippen molar-refractivity contribution in [3.8, 4) is 0 Å². The number of benzene rings is 2. The Morgan fingerprint density at radius 2 is 1.72 bits per heavy atom. The molecule has 0 spiro atoms. The molecule has 0 aliphatic heterocycles. The molecule has 29 heavy (non-hydrogen) atoms. The van der Waals surface area contributed by atoms with E-state index in [0.717, 1.165) is 16.9 Å². The molecule has 0 bridgehead atoms. The van der Waals surface area contributed by atoms with Crippen LogP contribution in [-0.2, 0) is 21.9 Å². The second-order valence-electron chi connectivity index (χ2n) is 7.48. The Bertz CT molecular complexity index is 830. The quantitative estimate of drug-likeness (QED) is 0.664. The molecule has 1 N–H and O–H groups in total. The van der Waals surface area contributed by atoms with E-state index in [2.05, 4.69) is 37.4 Å². The van der Waals surface area contributed by atoms with Crippen LogP contribution < -0.4 is 5.32 Å². The Balaban J connectivity index is 2.12. The van der Waals surface area contributed by atoms with Crippen molar-refractivity contribution in [3.05, 3.63) is 70.3 Å². The molecular formula is C24H32N2O2S. The zero-order chi connectivity index (χ0) is 21.4. The molecule has 5 heteroatoms. The highest BCUT2D eigenvalue weighted by Gasteiger charge is 2.28. The number of carbonyl (C=O) groups excluding carboxylic acids is 2. The minimum atomic E-state index is -0.464. The molecule has 0 aromatic heterocycles. The van der Waals surface area contributed by atoms with Gasteiger partial charge >= 0.3 is 0 Å². The summed E-state index contributed by atoms with van der Waals surface area (Å²) in [4.78, 5) is 27.3. The predicted octanol–water partition coefficient (Wildman–Crippen LogP) is 4.40. The number of nitrogens with one attached hydrogen (secondary N) is 1. The summed E-state index contributed by atoms with van der Waals surface area (Å²) in [6, 6.07) is 14.0. The van der Waals surface area contributed by atoms with Crippen molar-refractivity contribution < 1.29 is 9.59 Å². The zero-order valence-electron chi connectivity index (χ0n) is 18.1. The monoisotopic (exact) mass is 412 g/mol. The molecule has 0 heterocycles. The van der Waals surface area contributed by atoms with Crippen LogP contribution in [0, 0.1) is 20.8 Å². The molecule has 2 amide bonds. The number of rotatable bonds is 9. The molecule has 1 atom stereocenters. The average Bonchev–Trinajstić information content (AvgIpc) is 2.68. The summed E-state index contributed by atoms with van der Waals surface area (Å²) in [7, 11) is 1.62. The van der Waals surface area contributed by atoms with Crippen molar-refractivity contribution >= 4 is 23.6 Å². The summed E-state index contributed by atoms with van der Waals surface area (Å²) in [5.74, 6) is 1.02. The van der Waals surface area contributed by atoms with Gasteiger partial charge in [-0.25, -0.2) is 0 Å². The van der Waals surface area contributed by atoms with Crippen molar-refractivity contribution in [2.45, 2.75) is 52.5 Å². The standard InChI is InChI=1S/C24H32N2O2S/c1-6-22(24(28)25-5)26(14-21-10-8-7-9-19(21)4)23(27)16-29-15-20-12-17(2)11-18(3)13-20/h7-13,22H,6,14-16H2,1-5H3,(H,25,28). The molecule has 4 nitrogen and oxygen atoms in total. The third-order valence-electron chi connectivity index (χ3n) is 5.01. The van der Waals surface area contributed by atoms with Gasteiger partial charge in [0.25, 0.3) is 0 Å². The number of amides is 2. The molecule has 2 aromatic carbocycles. The van der Waals surface area contributed by atoms with Crippen molar-refractivity contribution in [3.63, 3.8) is 0 Å². The largest absolute Gasteiger partial charge is 0.357 e. The fourth-order valence-electron chi connectivity index (χ4n) is 3.55. The van der Waals surface area contributed by atoms with Gasteiger partial charge in [-0.2, -0.15) is 0 Å². The number of thioether (sulfide) groups is 1. The first-order valence-electron chi connectivity index (χ1n) is 10.1. The molecule has 0 aliphatic carbocycles. The van der Waals surface area contributed by atoms with Crippen molar-refractivity contribution in [2.75, 3.05) is 12.8 Å². The van der Waals surface area contributed by atoms with Gasteiger partial charge in [0.15, 0.2) is 0 Å². The number of carbonyl (C=O) groups is 2. The van der Waals surface area contributed by atoms with Gasteiger partial charge in [-0.1, -0.05) is 60.5 Å².